The Bertz CT molecular complexity index is 332. The molecule has 0 bridgehead atoms. The molecule has 1 saturated heterocycles. The maximum absolute atomic E-state index is 5.72. The molecule has 4 heteroatoms. The fourth-order valence-electron chi connectivity index (χ4n) is 2.03. The van der Waals surface area contributed by atoms with Crippen LogP contribution in [0.15, 0.2) is 5.51 Å². The number of thiazole rings is 1. The lowest BCUT2D eigenvalue weighted by molar-refractivity contribution is -0.673. The summed E-state index contributed by atoms with van der Waals surface area (Å²) in [4.78, 5) is 1.45. The maximum Gasteiger partial charge on any atom is 0.224 e. The topological polar surface area (TPSA) is 25.1 Å². The second kappa shape index (κ2) is 5.75. The maximum atomic E-state index is 5.72. The molecular formula is C12H21N2OS+. The molecule has 3 nitrogen and oxygen atoms in total. The van der Waals surface area contributed by atoms with Gasteiger partial charge in [0.1, 0.15) is 7.05 Å². The number of nitrogens with zero attached hydrogens (tertiary/aromatic N) is 1. The first-order valence-corrected chi connectivity index (χ1v) is 6.89. The molecule has 0 amide bonds. The lowest BCUT2D eigenvalue weighted by Gasteiger charge is -2.09. The summed E-state index contributed by atoms with van der Waals surface area (Å²) in [7, 11) is 2.10. The summed E-state index contributed by atoms with van der Waals surface area (Å²) >= 11 is 1.83. The van der Waals surface area contributed by atoms with Gasteiger partial charge >= 0.3 is 0 Å². The largest absolute Gasteiger partial charge is 0.379 e. The van der Waals surface area contributed by atoms with Crippen molar-refractivity contribution >= 4 is 11.3 Å². The van der Waals surface area contributed by atoms with Crippen LogP contribution in [0.5, 0.6) is 0 Å². The smallest absolute Gasteiger partial charge is 0.224 e. The van der Waals surface area contributed by atoms with E-state index in [1.807, 2.05) is 11.3 Å². The first-order chi connectivity index (χ1) is 7.77. The van der Waals surface area contributed by atoms with E-state index in [0.717, 1.165) is 26.2 Å². The Hall–Kier alpha value is -0.450. The average molecular weight is 241 g/mol. The van der Waals surface area contributed by atoms with Crippen LogP contribution in [0.2, 0.25) is 0 Å². The lowest BCUT2D eigenvalue weighted by atomic mass is 10.2. The number of ether oxygens (including phenoxy) is 1. The summed E-state index contributed by atoms with van der Waals surface area (Å²) in [6, 6.07) is 0.598. The molecule has 1 aliphatic rings. The summed E-state index contributed by atoms with van der Waals surface area (Å²) in [6.07, 6.45) is 3.62. The van der Waals surface area contributed by atoms with Gasteiger partial charge in [-0.2, -0.15) is 4.57 Å². The van der Waals surface area contributed by atoms with Gasteiger partial charge in [-0.3, -0.25) is 0 Å². The van der Waals surface area contributed by atoms with Gasteiger partial charge in [0, 0.05) is 19.4 Å². The molecule has 1 aromatic rings. The minimum atomic E-state index is 0.598. The Balaban J connectivity index is 1.66. The predicted molar refractivity (Wildman–Crippen MR) is 65.8 cm³/mol. The molecule has 2 rings (SSSR count). The first kappa shape index (κ1) is 12.0. The van der Waals surface area contributed by atoms with E-state index >= 15 is 0 Å². The minimum Gasteiger partial charge on any atom is -0.379 e. The highest BCUT2D eigenvalue weighted by Crippen LogP contribution is 2.11. The Morgan fingerprint density at radius 1 is 1.62 bits per heavy atom. The van der Waals surface area contributed by atoms with E-state index in [4.69, 9.17) is 4.74 Å². The molecule has 0 aromatic carbocycles. The van der Waals surface area contributed by atoms with Crippen molar-refractivity contribution in [2.45, 2.75) is 32.2 Å². The van der Waals surface area contributed by atoms with E-state index in [0.29, 0.717) is 6.04 Å². The van der Waals surface area contributed by atoms with E-state index < -0.39 is 0 Å². The van der Waals surface area contributed by atoms with Crippen LogP contribution in [0.1, 0.15) is 23.4 Å². The molecule has 0 unspecified atom stereocenters. The fraction of sp³-hybridized carbons (Fsp3) is 0.750. The van der Waals surface area contributed by atoms with E-state index in [1.54, 1.807) is 0 Å². The van der Waals surface area contributed by atoms with Crippen LogP contribution < -0.4 is 9.88 Å². The lowest BCUT2D eigenvalue weighted by Crippen LogP contribution is -2.28. The van der Waals surface area contributed by atoms with Gasteiger partial charge in [0.2, 0.25) is 5.51 Å². The summed E-state index contributed by atoms with van der Waals surface area (Å²) in [5, 5.41) is 3.44. The van der Waals surface area contributed by atoms with Crippen LogP contribution >= 0.6 is 11.3 Å². The molecule has 2 heterocycles. The minimum absolute atomic E-state index is 0.598. The second-order valence-corrected chi connectivity index (χ2v) is 5.40. The number of aromatic nitrogens is 1. The summed E-state index contributed by atoms with van der Waals surface area (Å²) in [6.45, 7) is 5.05. The molecule has 1 atom stereocenters. The third-order valence-electron chi connectivity index (χ3n) is 3.24. The van der Waals surface area contributed by atoms with E-state index in [9.17, 15) is 0 Å². The van der Waals surface area contributed by atoms with Gasteiger partial charge in [-0.25, -0.2) is 0 Å². The number of hydrogen-bond donors (Lipinski definition) is 1. The van der Waals surface area contributed by atoms with Gasteiger partial charge in [0.05, 0.1) is 18.1 Å². The van der Waals surface area contributed by atoms with Crippen LogP contribution in [0, 0.1) is 6.92 Å². The molecule has 0 aliphatic carbocycles. The molecule has 1 aliphatic heterocycles. The highest BCUT2D eigenvalue weighted by molar-refractivity contribution is 7.09. The van der Waals surface area contributed by atoms with Crippen molar-refractivity contribution in [2.75, 3.05) is 19.8 Å². The number of aryl methyl sites for hydroxylation is 1. The Kier molecular flexibility index (Phi) is 4.32. The van der Waals surface area contributed by atoms with Crippen LogP contribution in [0.4, 0.5) is 0 Å². The van der Waals surface area contributed by atoms with E-state index in [-0.39, 0.29) is 0 Å². The van der Waals surface area contributed by atoms with Gasteiger partial charge < -0.3 is 10.1 Å². The van der Waals surface area contributed by atoms with Crippen molar-refractivity contribution in [2.24, 2.45) is 7.05 Å². The third kappa shape index (κ3) is 3.03. The van der Waals surface area contributed by atoms with E-state index in [1.165, 1.54) is 23.4 Å². The zero-order valence-corrected chi connectivity index (χ0v) is 11.0. The normalized spacial score (nSPS) is 20.5. The molecule has 1 fully saturated rings. The van der Waals surface area contributed by atoms with Crippen LogP contribution in [-0.2, 0) is 18.2 Å². The SMILES string of the molecule is Cc1c(CCOC[C@@H]2CCCN2)sc[n+]1C. The highest BCUT2D eigenvalue weighted by atomic mass is 32.1. The van der Waals surface area contributed by atoms with E-state index in [2.05, 4.69) is 29.4 Å². The molecular weight excluding hydrogens is 220 g/mol. The van der Waals surface area contributed by atoms with Crippen molar-refractivity contribution in [3.8, 4) is 0 Å². The predicted octanol–water partition coefficient (Wildman–Crippen LogP) is 1.19. The van der Waals surface area contributed by atoms with Gasteiger partial charge in [0.15, 0.2) is 5.69 Å². The van der Waals surface area contributed by atoms with Gasteiger partial charge in [0.25, 0.3) is 0 Å². The first-order valence-electron chi connectivity index (χ1n) is 6.01. The number of hydrogen-bond acceptors (Lipinski definition) is 3. The number of rotatable bonds is 5. The van der Waals surface area contributed by atoms with Crippen LogP contribution in [-0.4, -0.2) is 25.8 Å². The van der Waals surface area contributed by atoms with Crippen molar-refractivity contribution in [1.29, 1.82) is 0 Å². The van der Waals surface area contributed by atoms with Gasteiger partial charge in [-0.15, -0.1) is 0 Å². The fourth-order valence-corrected chi connectivity index (χ4v) is 2.99. The third-order valence-corrected chi connectivity index (χ3v) is 4.45. The van der Waals surface area contributed by atoms with Gasteiger partial charge in [-0.1, -0.05) is 11.3 Å². The van der Waals surface area contributed by atoms with Crippen molar-refractivity contribution in [3.05, 3.63) is 16.1 Å². The van der Waals surface area contributed by atoms with Crippen molar-refractivity contribution < 1.29 is 9.30 Å². The molecule has 0 spiro atoms. The molecule has 0 radical (unpaired) electrons. The summed E-state index contributed by atoms with van der Waals surface area (Å²) in [5.41, 5.74) is 3.52. The highest BCUT2D eigenvalue weighted by Gasteiger charge is 2.14. The Morgan fingerprint density at radius 2 is 2.50 bits per heavy atom. The van der Waals surface area contributed by atoms with Crippen molar-refractivity contribution in [1.82, 2.24) is 5.32 Å². The monoisotopic (exact) mass is 241 g/mol. The standard InChI is InChI=1S/C12H21N2OS/c1-10-12(16-9-14(10)2)5-7-15-8-11-4-3-6-13-11/h9,11,13H,3-8H2,1-2H3/q+1/t11-/m0/s1. The Labute approximate surface area is 101 Å². The van der Waals surface area contributed by atoms with Crippen LogP contribution in [0.25, 0.3) is 0 Å². The van der Waals surface area contributed by atoms with Crippen molar-refractivity contribution in [3.63, 3.8) is 0 Å². The molecule has 16 heavy (non-hydrogen) atoms. The molecule has 90 valence electrons. The zero-order chi connectivity index (χ0) is 11.4. The average Bonchev–Trinajstić information content (AvgIpc) is 2.88. The summed E-state index contributed by atoms with van der Waals surface area (Å²) < 4.78 is 7.90. The Morgan fingerprint density at radius 3 is 3.12 bits per heavy atom. The quantitative estimate of drug-likeness (QED) is 0.619. The summed E-state index contributed by atoms with van der Waals surface area (Å²) in [5.74, 6) is 0. The molecule has 0 saturated carbocycles. The zero-order valence-electron chi connectivity index (χ0n) is 10.2. The van der Waals surface area contributed by atoms with Gasteiger partial charge in [-0.05, 0) is 19.4 Å². The molecule has 1 aromatic heterocycles. The second-order valence-electron chi connectivity index (χ2n) is 4.46. The number of nitrogens with one attached hydrogen (secondary N) is 1. The molecule has 1 N–H and O–H groups in total. The van der Waals surface area contributed by atoms with Crippen LogP contribution in [0.3, 0.4) is 0 Å².